The Kier molecular flexibility index (Phi) is 5.70. The van der Waals surface area contributed by atoms with Gasteiger partial charge in [-0.05, 0) is 36.8 Å². The number of terminal acetylenes is 1. The Hall–Kier alpha value is -4.22. The number of halogens is 1. The van der Waals surface area contributed by atoms with Crippen molar-refractivity contribution in [2.45, 2.75) is 19.3 Å². The van der Waals surface area contributed by atoms with Crippen LogP contribution in [0, 0.1) is 19.3 Å². The minimum atomic E-state index is -0.174. The number of anilines is 1. The number of nitrogens with zero attached hydrogens (tertiary/aromatic N) is 5. The molecule has 0 fully saturated rings. The highest BCUT2D eigenvalue weighted by Gasteiger charge is 2.33. The summed E-state index contributed by atoms with van der Waals surface area (Å²) in [4.78, 5) is 17.3. The van der Waals surface area contributed by atoms with Crippen molar-refractivity contribution in [3.63, 3.8) is 0 Å². The molecule has 2 aromatic heterocycles. The van der Waals surface area contributed by atoms with Gasteiger partial charge in [0.15, 0.2) is 0 Å². The number of aryl methyl sites for hydroxylation is 1. The fourth-order valence-electron chi connectivity index (χ4n) is 4.04. The summed E-state index contributed by atoms with van der Waals surface area (Å²) in [5.41, 5.74) is 4.11. The van der Waals surface area contributed by atoms with E-state index >= 15 is 0 Å². The number of aromatic nitrogens is 5. The number of benzene rings is 2. The molecule has 168 valence electrons. The number of ether oxygens (including phenoxy) is 1. The van der Waals surface area contributed by atoms with E-state index in [-0.39, 0.29) is 24.4 Å². The molecule has 9 heteroatoms. The lowest BCUT2D eigenvalue weighted by molar-refractivity contribution is -0.116. The van der Waals surface area contributed by atoms with E-state index < -0.39 is 0 Å². The topological polar surface area (TPSA) is 94.8 Å². The van der Waals surface area contributed by atoms with E-state index in [4.69, 9.17) is 22.8 Å². The monoisotopic (exact) mass is 470 g/mol. The molecule has 0 aliphatic carbocycles. The molecule has 4 aromatic rings. The Morgan fingerprint density at radius 1 is 1.21 bits per heavy atom. The summed E-state index contributed by atoms with van der Waals surface area (Å²) in [7, 11) is 0. The zero-order chi connectivity index (χ0) is 23.7. The van der Waals surface area contributed by atoms with Gasteiger partial charge in [0, 0.05) is 28.5 Å². The Morgan fingerprint density at radius 3 is 2.71 bits per heavy atom. The molecule has 1 N–H and O–H groups in total. The minimum absolute atomic E-state index is 0.117. The number of fused-ring (bicyclic) bond motifs is 1. The van der Waals surface area contributed by atoms with E-state index in [2.05, 4.69) is 31.5 Å². The van der Waals surface area contributed by atoms with E-state index in [1.54, 1.807) is 18.3 Å². The Morgan fingerprint density at radius 2 is 1.97 bits per heavy atom. The fraction of sp³-hybridized carbons (Fsp3) is 0.160. The standard InChI is InChI=1S/C25H19ClN6O2/c1-3-12-34-19-10-6-16(7-11-19)20-13-22(33)29-24-23(20)15(2)31-32(24)25-28-21(14-27-30-25)17-4-8-18(26)9-5-17/h1,4-11,14,20H,12-13H2,2H3,(H,29,33)/t20-/m1/s1. The first-order valence-electron chi connectivity index (χ1n) is 10.5. The van der Waals surface area contributed by atoms with E-state index in [9.17, 15) is 4.79 Å². The highest BCUT2D eigenvalue weighted by molar-refractivity contribution is 6.30. The maximum Gasteiger partial charge on any atom is 0.272 e. The Balaban J connectivity index is 1.53. The van der Waals surface area contributed by atoms with Crippen LogP contribution in [0.25, 0.3) is 17.2 Å². The number of nitrogens with one attached hydrogen (secondary N) is 1. The van der Waals surface area contributed by atoms with Gasteiger partial charge in [0.2, 0.25) is 5.91 Å². The van der Waals surface area contributed by atoms with Gasteiger partial charge in [-0.15, -0.1) is 11.5 Å². The number of hydrogen-bond acceptors (Lipinski definition) is 6. The van der Waals surface area contributed by atoms with E-state index in [0.29, 0.717) is 28.7 Å². The smallest absolute Gasteiger partial charge is 0.272 e. The average Bonchev–Trinajstić information content (AvgIpc) is 3.19. The summed E-state index contributed by atoms with van der Waals surface area (Å²) in [5, 5.41) is 16.5. The van der Waals surface area contributed by atoms with Crippen molar-refractivity contribution in [3.8, 4) is 35.3 Å². The van der Waals surface area contributed by atoms with Gasteiger partial charge in [0.25, 0.3) is 5.95 Å². The van der Waals surface area contributed by atoms with Gasteiger partial charge in [0.1, 0.15) is 18.2 Å². The second-order valence-corrected chi connectivity index (χ2v) is 8.21. The third-order valence-corrected chi connectivity index (χ3v) is 5.84. The lowest BCUT2D eigenvalue weighted by Gasteiger charge is -2.24. The number of amides is 1. The summed E-state index contributed by atoms with van der Waals surface area (Å²) in [6.07, 6.45) is 7.13. The first kappa shape index (κ1) is 21.6. The van der Waals surface area contributed by atoms with Crippen LogP contribution in [0.1, 0.15) is 29.2 Å². The molecule has 5 rings (SSSR count). The van der Waals surface area contributed by atoms with Crippen LogP contribution in [0.3, 0.4) is 0 Å². The van der Waals surface area contributed by atoms with Crippen molar-refractivity contribution in [1.82, 2.24) is 25.0 Å². The lowest BCUT2D eigenvalue weighted by atomic mass is 9.86. The van der Waals surface area contributed by atoms with E-state index in [0.717, 1.165) is 22.4 Å². The predicted octanol–water partition coefficient (Wildman–Crippen LogP) is 4.17. The summed E-state index contributed by atoms with van der Waals surface area (Å²) in [5.74, 6) is 3.63. The largest absolute Gasteiger partial charge is 0.481 e. The van der Waals surface area contributed by atoms with Crippen LogP contribution >= 0.6 is 11.6 Å². The van der Waals surface area contributed by atoms with Crippen molar-refractivity contribution in [1.29, 1.82) is 0 Å². The van der Waals surface area contributed by atoms with Gasteiger partial charge in [-0.3, -0.25) is 4.79 Å². The van der Waals surface area contributed by atoms with Crippen molar-refractivity contribution >= 4 is 23.3 Å². The quantitative estimate of drug-likeness (QED) is 0.440. The van der Waals surface area contributed by atoms with Gasteiger partial charge in [-0.2, -0.15) is 14.9 Å². The second kappa shape index (κ2) is 8.96. The number of carbonyl (C=O) groups is 1. The molecule has 0 unspecified atom stereocenters. The summed E-state index contributed by atoms with van der Waals surface area (Å²) in [6.45, 7) is 2.10. The van der Waals surface area contributed by atoms with Gasteiger partial charge < -0.3 is 10.1 Å². The summed E-state index contributed by atoms with van der Waals surface area (Å²) < 4.78 is 7.00. The molecule has 8 nitrogen and oxygen atoms in total. The molecular formula is C25H19ClN6O2. The van der Waals surface area contributed by atoms with E-state index in [1.165, 1.54) is 4.68 Å². The van der Waals surface area contributed by atoms with Crippen LogP contribution in [0.15, 0.2) is 54.7 Å². The molecule has 1 aliphatic rings. The molecule has 0 radical (unpaired) electrons. The molecule has 1 aliphatic heterocycles. The maximum atomic E-state index is 12.7. The first-order chi connectivity index (χ1) is 16.5. The third kappa shape index (κ3) is 4.09. The van der Waals surface area contributed by atoms with Crippen molar-refractivity contribution in [2.24, 2.45) is 0 Å². The predicted molar refractivity (Wildman–Crippen MR) is 128 cm³/mol. The van der Waals surface area contributed by atoms with Crippen LogP contribution < -0.4 is 10.1 Å². The van der Waals surface area contributed by atoms with Gasteiger partial charge in [-0.25, -0.2) is 4.98 Å². The molecule has 0 bridgehead atoms. The lowest BCUT2D eigenvalue weighted by Crippen LogP contribution is -2.25. The van der Waals surface area contributed by atoms with Crippen LogP contribution in [0.4, 0.5) is 5.82 Å². The minimum Gasteiger partial charge on any atom is -0.481 e. The SMILES string of the molecule is C#CCOc1ccc([C@H]2CC(=O)Nc3c2c(C)nn3-c2nncc(-c3ccc(Cl)cc3)n2)cc1. The zero-order valence-electron chi connectivity index (χ0n) is 18.2. The highest BCUT2D eigenvalue weighted by atomic mass is 35.5. The molecule has 0 saturated heterocycles. The first-order valence-corrected chi connectivity index (χ1v) is 10.9. The van der Waals surface area contributed by atoms with Crippen LogP contribution in [0.5, 0.6) is 5.75 Å². The van der Waals surface area contributed by atoms with Crippen LogP contribution in [-0.2, 0) is 4.79 Å². The third-order valence-electron chi connectivity index (χ3n) is 5.58. The molecular weight excluding hydrogens is 452 g/mol. The van der Waals surface area contributed by atoms with Crippen LogP contribution in [0.2, 0.25) is 5.02 Å². The van der Waals surface area contributed by atoms with Crippen LogP contribution in [-0.4, -0.2) is 37.5 Å². The normalized spacial score (nSPS) is 14.7. The van der Waals surface area contributed by atoms with Gasteiger partial charge in [-0.1, -0.05) is 41.8 Å². The van der Waals surface area contributed by atoms with Gasteiger partial charge in [0.05, 0.1) is 17.6 Å². The number of hydrogen-bond donors (Lipinski definition) is 1. The molecule has 0 saturated carbocycles. The summed E-state index contributed by atoms with van der Waals surface area (Å²) >= 11 is 6.00. The second-order valence-electron chi connectivity index (χ2n) is 7.77. The fourth-order valence-corrected chi connectivity index (χ4v) is 4.17. The Labute approximate surface area is 201 Å². The average molecular weight is 471 g/mol. The number of carbonyl (C=O) groups excluding carboxylic acids is 1. The molecule has 34 heavy (non-hydrogen) atoms. The molecule has 0 spiro atoms. The van der Waals surface area contributed by atoms with Gasteiger partial charge >= 0.3 is 0 Å². The maximum absolute atomic E-state index is 12.7. The number of rotatable bonds is 5. The zero-order valence-corrected chi connectivity index (χ0v) is 19.0. The summed E-state index contributed by atoms with van der Waals surface area (Å²) in [6, 6.07) is 14.9. The van der Waals surface area contributed by atoms with E-state index in [1.807, 2.05) is 43.3 Å². The Bertz CT molecular complexity index is 1410. The molecule has 2 aromatic carbocycles. The molecule has 1 amide bonds. The van der Waals surface area contributed by atoms with Crippen molar-refractivity contribution < 1.29 is 9.53 Å². The molecule has 1 atom stereocenters. The van der Waals surface area contributed by atoms with Crippen molar-refractivity contribution in [2.75, 3.05) is 11.9 Å². The molecule has 3 heterocycles. The highest BCUT2D eigenvalue weighted by Crippen LogP contribution is 2.40. The van der Waals surface area contributed by atoms with Crippen molar-refractivity contribution in [3.05, 3.63) is 76.6 Å².